The topological polar surface area (TPSA) is 47.9 Å². The van der Waals surface area contributed by atoms with Crippen molar-refractivity contribution in [2.75, 3.05) is 25.4 Å². The number of guanidine groups is 1. The average molecular weight is 435 g/mol. The largest absolute Gasteiger partial charge is 0.508 e. The number of aromatic hydroxyl groups is 1. The highest BCUT2D eigenvalue weighted by Gasteiger charge is 2.21. The van der Waals surface area contributed by atoms with Crippen molar-refractivity contribution in [3.8, 4) is 5.75 Å². The van der Waals surface area contributed by atoms with Gasteiger partial charge in [0, 0.05) is 30.6 Å². The second-order valence-corrected chi connectivity index (χ2v) is 6.59. The van der Waals surface area contributed by atoms with Crippen LogP contribution >= 0.6 is 35.7 Å². The lowest BCUT2D eigenvalue weighted by molar-refractivity contribution is 0.408. The van der Waals surface area contributed by atoms with Gasteiger partial charge in [-0.05, 0) is 31.0 Å². The van der Waals surface area contributed by atoms with Gasteiger partial charge in [-0.25, -0.2) is 4.99 Å². The number of phenolic OH excluding ortho intramolecular Hbond substituents is 1. The fourth-order valence-corrected chi connectivity index (χ4v) is 3.53. The molecule has 0 aromatic heterocycles. The summed E-state index contributed by atoms with van der Waals surface area (Å²) in [5, 5.41) is 13.4. The molecule has 1 atom stereocenters. The Morgan fingerprint density at radius 1 is 1.36 bits per heavy atom. The molecule has 6 heteroatoms. The molecule has 1 saturated heterocycles. The molecule has 124 valence electrons. The molecular weight excluding hydrogens is 409 g/mol. The van der Waals surface area contributed by atoms with Gasteiger partial charge in [0.1, 0.15) is 5.75 Å². The summed E-state index contributed by atoms with van der Waals surface area (Å²) in [5.41, 5.74) is 1.11. The summed E-state index contributed by atoms with van der Waals surface area (Å²) in [6.07, 6.45) is 1.21. The van der Waals surface area contributed by atoms with E-state index in [0.717, 1.165) is 31.2 Å². The number of benzene rings is 1. The predicted octanol–water partition coefficient (Wildman–Crippen LogP) is 3.30. The van der Waals surface area contributed by atoms with Crippen LogP contribution in [0, 0.1) is 0 Å². The summed E-state index contributed by atoms with van der Waals surface area (Å²) in [6.45, 7) is 8.01. The van der Waals surface area contributed by atoms with E-state index in [1.807, 2.05) is 12.1 Å². The maximum atomic E-state index is 9.32. The highest BCUT2D eigenvalue weighted by Crippen LogP contribution is 2.21. The lowest BCUT2D eigenvalue weighted by atomic mass is 10.2. The van der Waals surface area contributed by atoms with Crippen LogP contribution in [0.25, 0.3) is 0 Å². The number of phenols is 1. The van der Waals surface area contributed by atoms with Crippen LogP contribution in [0.15, 0.2) is 29.3 Å². The first-order valence-corrected chi connectivity index (χ1v) is 8.70. The minimum atomic E-state index is 0. The first-order valence-electron chi connectivity index (χ1n) is 7.65. The van der Waals surface area contributed by atoms with Gasteiger partial charge in [0.05, 0.1) is 6.54 Å². The fourth-order valence-electron chi connectivity index (χ4n) is 2.35. The number of hydrogen-bond donors (Lipinski definition) is 2. The summed E-state index contributed by atoms with van der Waals surface area (Å²) in [6, 6.07) is 7.26. The number of nitrogens with one attached hydrogen (secondary N) is 1. The molecule has 0 aliphatic carbocycles. The highest BCUT2D eigenvalue weighted by molar-refractivity contribution is 14.0. The van der Waals surface area contributed by atoms with E-state index in [-0.39, 0.29) is 24.0 Å². The van der Waals surface area contributed by atoms with Crippen molar-refractivity contribution in [1.82, 2.24) is 10.2 Å². The Morgan fingerprint density at radius 2 is 2.09 bits per heavy atom. The van der Waals surface area contributed by atoms with Crippen molar-refractivity contribution in [3.05, 3.63) is 29.8 Å². The van der Waals surface area contributed by atoms with E-state index in [4.69, 9.17) is 4.99 Å². The molecule has 1 aliphatic rings. The van der Waals surface area contributed by atoms with Crippen LogP contribution in [0.5, 0.6) is 5.75 Å². The molecule has 4 nitrogen and oxygen atoms in total. The zero-order chi connectivity index (χ0) is 15.1. The Labute approximate surface area is 154 Å². The van der Waals surface area contributed by atoms with Crippen LogP contribution in [-0.4, -0.2) is 46.6 Å². The van der Waals surface area contributed by atoms with Crippen LogP contribution in [-0.2, 0) is 6.54 Å². The van der Waals surface area contributed by atoms with Crippen LogP contribution < -0.4 is 5.32 Å². The molecule has 1 aromatic rings. The van der Waals surface area contributed by atoms with Crippen LogP contribution in [0.1, 0.15) is 25.8 Å². The first kappa shape index (κ1) is 19.4. The summed E-state index contributed by atoms with van der Waals surface area (Å²) < 4.78 is 0. The van der Waals surface area contributed by atoms with E-state index in [0.29, 0.717) is 17.5 Å². The monoisotopic (exact) mass is 435 g/mol. The second-order valence-electron chi connectivity index (χ2n) is 5.18. The molecule has 0 radical (unpaired) electrons. The third-order valence-corrected chi connectivity index (χ3v) is 4.95. The van der Waals surface area contributed by atoms with E-state index in [2.05, 4.69) is 35.8 Å². The highest BCUT2D eigenvalue weighted by atomic mass is 127. The Bertz CT molecular complexity index is 467. The van der Waals surface area contributed by atoms with Gasteiger partial charge < -0.3 is 15.3 Å². The predicted molar refractivity (Wildman–Crippen MR) is 106 cm³/mol. The smallest absolute Gasteiger partial charge is 0.194 e. The normalized spacial score (nSPS) is 18.7. The minimum absolute atomic E-state index is 0. The number of hydrogen-bond acceptors (Lipinski definition) is 3. The summed E-state index contributed by atoms with van der Waals surface area (Å²) in [4.78, 5) is 7.12. The van der Waals surface area contributed by atoms with Crippen molar-refractivity contribution in [2.45, 2.75) is 32.1 Å². The zero-order valence-electron chi connectivity index (χ0n) is 13.3. The molecule has 22 heavy (non-hydrogen) atoms. The summed E-state index contributed by atoms with van der Waals surface area (Å²) in [7, 11) is 0. The number of thioether (sulfide) groups is 1. The summed E-state index contributed by atoms with van der Waals surface area (Å²) in [5.74, 6) is 2.47. The van der Waals surface area contributed by atoms with E-state index in [1.54, 1.807) is 12.1 Å². The van der Waals surface area contributed by atoms with Gasteiger partial charge in [0.2, 0.25) is 0 Å². The molecule has 1 heterocycles. The van der Waals surface area contributed by atoms with E-state index >= 15 is 0 Å². The Kier molecular flexibility index (Phi) is 9.00. The standard InChI is InChI=1S/C16H25N3OS.HI/c1-3-15-12-19(9-10-21-15)16(17-4-2)18-11-13-5-7-14(20)8-6-13;/h5-8,15,20H,3-4,9-12H2,1-2H3,(H,17,18);1H. The number of nitrogens with zero attached hydrogens (tertiary/aromatic N) is 2. The minimum Gasteiger partial charge on any atom is -0.508 e. The van der Waals surface area contributed by atoms with Crippen molar-refractivity contribution >= 4 is 41.7 Å². The van der Waals surface area contributed by atoms with Crippen molar-refractivity contribution in [3.63, 3.8) is 0 Å². The van der Waals surface area contributed by atoms with E-state index in [1.165, 1.54) is 12.2 Å². The quantitative estimate of drug-likeness (QED) is 0.433. The lowest BCUT2D eigenvalue weighted by Gasteiger charge is -2.34. The molecular formula is C16H26IN3OS. The maximum Gasteiger partial charge on any atom is 0.194 e. The average Bonchev–Trinajstić information content (AvgIpc) is 2.53. The van der Waals surface area contributed by atoms with Gasteiger partial charge in [-0.3, -0.25) is 0 Å². The second kappa shape index (κ2) is 10.2. The lowest BCUT2D eigenvalue weighted by Crippen LogP contribution is -2.48. The molecule has 0 spiro atoms. The molecule has 1 unspecified atom stereocenters. The Hall–Kier alpha value is -0.630. The van der Waals surface area contributed by atoms with Crippen molar-refractivity contribution in [1.29, 1.82) is 0 Å². The molecule has 1 aromatic carbocycles. The number of aliphatic imine (C=N–C) groups is 1. The zero-order valence-corrected chi connectivity index (χ0v) is 16.4. The number of rotatable bonds is 4. The van der Waals surface area contributed by atoms with E-state index in [9.17, 15) is 5.11 Å². The van der Waals surface area contributed by atoms with Crippen LogP contribution in [0.4, 0.5) is 0 Å². The Balaban J connectivity index is 0.00000242. The van der Waals surface area contributed by atoms with Crippen LogP contribution in [0.2, 0.25) is 0 Å². The molecule has 1 aliphatic heterocycles. The third kappa shape index (κ3) is 5.87. The fraction of sp³-hybridized carbons (Fsp3) is 0.562. The summed E-state index contributed by atoms with van der Waals surface area (Å²) >= 11 is 2.07. The molecule has 0 amide bonds. The Morgan fingerprint density at radius 3 is 2.73 bits per heavy atom. The van der Waals surface area contributed by atoms with Crippen LogP contribution in [0.3, 0.4) is 0 Å². The molecule has 2 N–H and O–H groups in total. The SMILES string of the molecule is CCNC(=NCc1ccc(O)cc1)N1CCSC(CC)C1.I. The van der Waals surface area contributed by atoms with Crippen molar-refractivity contribution in [2.24, 2.45) is 4.99 Å². The van der Waals surface area contributed by atoms with Gasteiger partial charge in [-0.2, -0.15) is 11.8 Å². The third-order valence-electron chi connectivity index (χ3n) is 3.58. The first-order chi connectivity index (χ1) is 10.2. The van der Waals surface area contributed by atoms with Gasteiger partial charge in [-0.1, -0.05) is 19.1 Å². The van der Waals surface area contributed by atoms with Gasteiger partial charge in [-0.15, -0.1) is 24.0 Å². The number of halogens is 1. The van der Waals surface area contributed by atoms with Gasteiger partial charge in [0.25, 0.3) is 0 Å². The molecule has 0 saturated carbocycles. The van der Waals surface area contributed by atoms with Gasteiger partial charge >= 0.3 is 0 Å². The van der Waals surface area contributed by atoms with Gasteiger partial charge in [0.15, 0.2) is 5.96 Å². The molecule has 0 bridgehead atoms. The molecule has 1 fully saturated rings. The van der Waals surface area contributed by atoms with E-state index < -0.39 is 0 Å². The van der Waals surface area contributed by atoms with Crippen molar-refractivity contribution < 1.29 is 5.11 Å². The molecule has 2 rings (SSSR count). The maximum absolute atomic E-state index is 9.32.